The van der Waals surface area contributed by atoms with Crippen LogP contribution in [0.5, 0.6) is 0 Å². The van der Waals surface area contributed by atoms with Crippen molar-refractivity contribution in [2.45, 2.75) is 51.5 Å². The van der Waals surface area contributed by atoms with E-state index < -0.39 is 12.7 Å². The van der Waals surface area contributed by atoms with Gasteiger partial charge in [-0.15, -0.1) is 24.0 Å². The lowest BCUT2D eigenvalue weighted by Gasteiger charge is -2.20. The van der Waals surface area contributed by atoms with Crippen molar-refractivity contribution >= 4 is 35.8 Å². The summed E-state index contributed by atoms with van der Waals surface area (Å²) >= 11 is 0. The molecule has 10 heteroatoms. The van der Waals surface area contributed by atoms with Gasteiger partial charge in [-0.2, -0.15) is 13.2 Å². The number of nitrogens with one attached hydrogen (secondary N) is 2. The number of benzene rings is 1. The van der Waals surface area contributed by atoms with Crippen molar-refractivity contribution in [3.05, 3.63) is 35.4 Å². The van der Waals surface area contributed by atoms with Crippen LogP contribution in [0.4, 0.5) is 13.2 Å². The highest BCUT2D eigenvalue weighted by atomic mass is 127. The molecule has 0 aliphatic carbocycles. The number of likely N-dealkylation sites (tertiary alicyclic amines) is 2. The zero-order valence-electron chi connectivity index (χ0n) is 17.7. The van der Waals surface area contributed by atoms with E-state index in [9.17, 15) is 18.0 Å². The number of carbonyl (C=O) groups is 1. The van der Waals surface area contributed by atoms with Gasteiger partial charge in [-0.1, -0.05) is 24.3 Å². The summed E-state index contributed by atoms with van der Waals surface area (Å²) < 4.78 is 37.8. The second-order valence-corrected chi connectivity index (χ2v) is 7.91. The molecule has 0 radical (unpaired) electrons. The minimum absolute atomic E-state index is 0. The van der Waals surface area contributed by atoms with E-state index >= 15 is 0 Å². The summed E-state index contributed by atoms with van der Waals surface area (Å²) in [5, 5.41) is 6.43. The Balaban J connectivity index is 0.00000341. The number of hydrogen-bond donors (Lipinski definition) is 2. The lowest BCUT2D eigenvalue weighted by molar-refractivity contribution is -0.143. The number of nitrogens with zero attached hydrogens (tertiary/aromatic N) is 3. The molecule has 2 N–H and O–H groups in total. The Labute approximate surface area is 198 Å². The van der Waals surface area contributed by atoms with E-state index in [0.717, 1.165) is 24.1 Å². The van der Waals surface area contributed by atoms with Gasteiger partial charge in [0.15, 0.2) is 5.96 Å². The molecule has 1 amide bonds. The maximum absolute atomic E-state index is 12.6. The second kappa shape index (κ2) is 11.9. The SMILES string of the molecule is CCNC(=NCc1cccc(CN2CCCC2=O)c1)NC1CCN(CC(F)(F)F)C1.I. The molecule has 2 saturated heterocycles. The number of rotatable bonds is 7. The van der Waals surface area contributed by atoms with Crippen molar-refractivity contribution in [2.75, 3.05) is 32.7 Å². The van der Waals surface area contributed by atoms with E-state index in [4.69, 9.17) is 0 Å². The molecule has 0 aromatic heterocycles. The topological polar surface area (TPSA) is 60.0 Å². The van der Waals surface area contributed by atoms with Crippen LogP contribution in [0.3, 0.4) is 0 Å². The highest BCUT2D eigenvalue weighted by Gasteiger charge is 2.34. The van der Waals surface area contributed by atoms with Gasteiger partial charge in [-0.05, 0) is 30.9 Å². The third-order valence-electron chi connectivity index (χ3n) is 5.32. The third kappa shape index (κ3) is 8.47. The fraction of sp³-hybridized carbons (Fsp3) is 0.619. The lowest BCUT2D eigenvalue weighted by atomic mass is 10.1. The fourth-order valence-corrected chi connectivity index (χ4v) is 3.95. The standard InChI is InChI=1S/C21H30F3N5O.HI/c1-2-25-20(27-18-8-10-28(14-18)15-21(22,23)24)26-12-16-5-3-6-17(11-16)13-29-9-4-7-19(29)30;/h3,5-6,11,18H,2,4,7-10,12-15H2,1H3,(H2,25,26,27);1H. The second-order valence-electron chi connectivity index (χ2n) is 7.91. The van der Waals surface area contributed by atoms with Crippen LogP contribution in [0.15, 0.2) is 29.3 Å². The number of alkyl halides is 3. The number of amides is 1. The van der Waals surface area contributed by atoms with E-state index in [1.54, 1.807) is 0 Å². The van der Waals surface area contributed by atoms with Gasteiger partial charge in [-0.3, -0.25) is 9.69 Å². The van der Waals surface area contributed by atoms with Gasteiger partial charge in [0.25, 0.3) is 0 Å². The molecule has 2 fully saturated rings. The van der Waals surface area contributed by atoms with Crippen LogP contribution in [0.1, 0.15) is 37.3 Å². The fourth-order valence-electron chi connectivity index (χ4n) is 3.95. The Morgan fingerprint density at radius 3 is 2.71 bits per heavy atom. The van der Waals surface area contributed by atoms with Crippen LogP contribution < -0.4 is 10.6 Å². The summed E-state index contributed by atoms with van der Waals surface area (Å²) in [6, 6.07) is 7.96. The molecular formula is C21H31F3IN5O. The maximum atomic E-state index is 12.6. The summed E-state index contributed by atoms with van der Waals surface area (Å²) in [7, 11) is 0. The van der Waals surface area contributed by atoms with E-state index in [2.05, 4.69) is 21.7 Å². The van der Waals surface area contributed by atoms with E-state index in [0.29, 0.717) is 51.5 Å². The van der Waals surface area contributed by atoms with Crippen LogP contribution in [-0.4, -0.2) is 66.6 Å². The zero-order valence-corrected chi connectivity index (χ0v) is 20.1. The van der Waals surface area contributed by atoms with Gasteiger partial charge in [0.2, 0.25) is 5.91 Å². The third-order valence-corrected chi connectivity index (χ3v) is 5.32. The number of aliphatic imine (C=N–C) groups is 1. The Morgan fingerprint density at radius 2 is 2.03 bits per heavy atom. The molecule has 1 aromatic rings. The molecule has 3 rings (SSSR count). The molecule has 174 valence electrons. The summed E-state index contributed by atoms with van der Waals surface area (Å²) in [5.41, 5.74) is 2.11. The van der Waals surface area contributed by atoms with Gasteiger partial charge < -0.3 is 15.5 Å². The Hall–Kier alpha value is -1.56. The normalized spacial score (nSPS) is 20.1. The summed E-state index contributed by atoms with van der Waals surface area (Å²) in [5.74, 6) is 0.810. The molecule has 2 heterocycles. The number of halogens is 4. The van der Waals surface area contributed by atoms with E-state index in [1.165, 1.54) is 4.90 Å². The van der Waals surface area contributed by atoms with Gasteiger partial charge >= 0.3 is 6.18 Å². The Kier molecular flexibility index (Phi) is 9.86. The molecule has 2 aliphatic rings. The minimum atomic E-state index is -4.17. The van der Waals surface area contributed by atoms with Crippen LogP contribution in [-0.2, 0) is 17.9 Å². The average molecular weight is 553 g/mol. The maximum Gasteiger partial charge on any atom is 0.401 e. The van der Waals surface area contributed by atoms with E-state index in [-0.39, 0.29) is 35.9 Å². The Bertz CT molecular complexity index is 759. The van der Waals surface area contributed by atoms with Crippen LogP contribution in [0, 0.1) is 0 Å². The van der Waals surface area contributed by atoms with E-state index in [1.807, 2.05) is 30.0 Å². The molecular weight excluding hydrogens is 522 g/mol. The van der Waals surface area contributed by atoms with Crippen molar-refractivity contribution in [3.8, 4) is 0 Å². The smallest absolute Gasteiger partial charge is 0.357 e. The quantitative estimate of drug-likeness (QED) is 0.310. The first-order valence-electron chi connectivity index (χ1n) is 10.5. The predicted octanol–water partition coefficient (Wildman–Crippen LogP) is 3.12. The summed E-state index contributed by atoms with van der Waals surface area (Å²) in [6.07, 6.45) is -1.97. The Morgan fingerprint density at radius 1 is 1.26 bits per heavy atom. The van der Waals surface area contributed by atoms with Crippen molar-refractivity contribution in [1.82, 2.24) is 20.4 Å². The lowest BCUT2D eigenvalue weighted by Crippen LogP contribution is -2.45. The first-order chi connectivity index (χ1) is 14.3. The predicted molar refractivity (Wildman–Crippen MR) is 125 cm³/mol. The monoisotopic (exact) mass is 553 g/mol. The van der Waals surface area contributed by atoms with Gasteiger partial charge in [-0.25, -0.2) is 4.99 Å². The van der Waals surface area contributed by atoms with Crippen molar-refractivity contribution in [2.24, 2.45) is 4.99 Å². The number of hydrogen-bond acceptors (Lipinski definition) is 3. The molecule has 31 heavy (non-hydrogen) atoms. The molecule has 0 spiro atoms. The van der Waals surface area contributed by atoms with Crippen LogP contribution >= 0.6 is 24.0 Å². The average Bonchev–Trinajstić information content (AvgIpc) is 3.28. The largest absolute Gasteiger partial charge is 0.401 e. The van der Waals surface area contributed by atoms with Gasteiger partial charge in [0.05, 0.1) is 13.1 Å². The zero-order chi connectivity index (χ0) is 21.6. The molecule has 0 bridgehead atoms. The number of carbonyl (C=O) groups excluding carboxylic acids is 1. The number of guanidine groups is 1. The minimum Gasteiger partial charge on any atom is -0.357 e. The van der Waals surface area contributed by atoms with Crippen LogP contribution in [0.2, 0.25) is 0 Å². The molecule has 6 nitrogen and oxygen atoms in total. The van der Waals surface area contributed by atoms with Crippen molar-refractivity contribution < 1.29 is 18.0 Å². The summed E-state index contributed by atoms with van der Waals surface area (Å²) in [4.78, 5) is 19.7. The molecule has 1 unspecified atom stereocenters. The van der Waals surface area contributed by atoms with Gasteiger partial charge in [0.1, 0.15) is 0 Å². The molecule has 1 aromatic carbocycles. The van der Waals surface area contributed by atoms with Crippen LogP contribution in [0.25, 0.3) is 0 Å². The highest BCUT2D eigenvalue weighted by molar-refractivity contribution is 14.0. The van der Waals surface area contributed by atoms with Crippen molar-refractivity contribution in [3.63, 3.8) is 0 Å². The molecule has 2 aliphatic heterocycles. The van der Waals surface area contributed by atoms with Crippen molar-refractivity contribution in [1.29, 1.82) is 0 Å². The first kappa shape index (κ1) is 25.7. The first-order valence-corrected chi connectivity index (χ1v) is 10.5. The molecule has 1 atom stereocenters. The highest BCUT2D eigenvalue weighted by Crippen LogP contribution is 2.20. The summed E-state index contributed by atoms with van der Waals surface area (Å²) in [6.45, 7) is 4.41. The van der Waals surface area contributed by atoms with Gasteiger partial charge in [0, 0.05) is 45.2 Å². The molecule has 0 saturated carbocycles.